The first-order valence-electron chi connectivity index (χ1n) is 6.71. The van der Waals surface area contributed by atoms with Crippen LogP contribution in [-0.2, 0) is 0 Å². The summed E-state index contributed by atoms with van der Waals surface area (Å²) in [5.41, 5.74) is 1.98. The number of rotatable bonds is 3. The van der Waals surface area contributed by atoms with Gasteiger partial charge >= 0.3 is 6.09 Å². The molecule has 0 saturated carbocycles. The molecule has 1 amide bonds. The maximum atomic E-state index is 11.1. The SMILES string of the molecule is CC(C)n1cc(-c2ccc3nnc(N(C)C(=O)O)n3n2)cn1. The van der Waals surface area contributed by atoms with Crippen molar-refractivity contribution in [2.45, 2.75) is 19.9 Å². The molecule has 0 aliphatic carbocycles. The van der Waals surface area contributed by atoms with Gasteiger partial charge in [-0.25, -0.2) is 9.69 Å². The number of hydrogen-bond acceptors (Lipinski definition) is 5. The lowest BCUT2D eigenvalue weighted by Crippen LogP contribution is -2.26. The van der Waals surface area contributed by atoms with Crippen LogP contribution in [0.1, 0.15) is 19.9 Å². The second-order valence-electron chi connectivity index (χ2n) is 5.13. The van der Waals surface area contributed by atoms with Crippen LogP contribution in [0, 0.1) is 0 Å². The lowest BCUT2D eigenvalue weighted by Gasteiger charge is -2.09. The van der Waals surface area contributed by atoms with Gasteiger partial charge in [0.1, 0.15) is 0 Å². The maximum Gasteiger partial charge on any atom is 0.414 e. The van der Waals surface area contributed by atoms with E-state index in [1.165, 1.54) is 11.6 Å². The van der Waals surface area contributed by atoms with Crippen LogP contribution in [0.5, 0.6) is 0 Å². The summed E-state index contributed by atoms with van der Waals surface area (Å²) in [7, 11) is 1.39. The van der Waals surface area contributed by atoms with Gasteiger partial charge in [0.05, 0.1) is 11.9 Å². The normalized spacial score (nSPS) is 11.3. The third kappa shape index (κ3) is 2.26. The zero-order chi connectivity index (χ0) is 15.9. The molecular formula is C13H15N7O2. The summed E-state index contributed by atoms with van der Waals surface area (Å²) in [6.07, 6.45) is 2.48. The van der Waals surface area contributed by atoms with Crippen molar-refractivity contribution in [3.05, 3.63) is 24.5 Å². The van der Waals surface area contributed by atoms with Crippen molar-refractivity contribution in [3.8, 4) is 11.3 Å². The smallest absolute Gasteiger partial charge is 0.414 e. The van der Waals surface area contributed by atoms with Crippen LogP contribution in [0.15, 0.2) is 24.5 Å². The monoisotopic (exact) mass is 301 g/mol. The molecule has 0 spiro atoms. The lowest BCUT2D eigenvalue weighted by atomic mass is 10.2. The Bertz CT molecular complexity index is 836. The van der Waals surface area contributed by atoms with Crippen LogP contribution in [0.2, 0.25) is 0 Å². The summed E-state index contributed by atoms with van der Waals surface area (Å²) in [6.45, 7) is 4.07. The van der Waals surface area contributed by atoms with Gasteiger partial charge in [-0.2, -0.15) is 14.7 Å². The van der Waals surface area contributed by atoms with Crippen molar-refractivity contribution < 1.29 is 9.90 Å². The molecule has 0 aromatic carbocycles. The van der Waals surface area contributed by atoms with Gasteiger partial charge in [0.2, 0.25) is 0 Å². The molecule has 22 heavy (non-hydrogen) atoms. The van der Waals surface area contributed by atoms with Crippen molar-refractivity contribution in [2.75, 3.05) is 11.9 Å². The number of carboxylic acid groups (broad SMARTS) is 1. The minimum atomic E-state index is -1.13. The van der Waals surface area contributed by atoms with Crippen molar-refractivity contribution in [1.82, 2.24) is 29.6 Å². The molecule has 3 aromatic rings. The minimum Gasteiger partial charge on any atom is -0.465 e. The van der Waals surface area contributed by atoms with E-state index in [4.69, 9.17) is 5.11 Å². The van der Waals surface area contributed by atoms with Gasteiger partial charge in [-0.1, -0.05) is 0 Å². The van der Waals surface area contributed by atoms with Crippen LogP contribution >= 0.6 is 0 Å². The first kappa shape index (κ1) is 14.0. The Hall–Kier alpha value is -2.97. The predicted molar refractivity (Wildman–Crippen MR) is 78.8 cm³/mol. The molecule has 0 aliphatic heterocycles. The molecule has 3 heterocycles. The lowest BCUT2D eigenvalue weighted by molar-refractivity contribution is 0.203. The third-order valence-electron chi connectivity index (χ3n) is 3.26. The Morgan fingerprint density at radius 3 is 2.73 bits per heavy atom. The van der Waals surface area contributed by atoms with E-state index in [1.807, 2.05) is 24.7 Å². The summed E-state index contributed by atoms with van der Waals surface area (Å²) in [5.74, 6) is 0.139. The van der Waals surface area contributed by atoms with Crippen molar-refractivity contribution in [3.63, 3.8) is 0 Å². The minimum absolute atomic E-state index is 0.139. The van der Waals surface area contributed by atoms with Gasteiger partial charge in [-0.05, 0) is 26.0 Å². The van der Waals surface area contributed by atoms with Crippen LogP contribution in [0.3, 0.4) is 0 Å². The molecule has 0 aliphatic rings. The summed E-state index contributed by atoms with van der Waals surface area (Å²) >= 11 is 0. The number of anilines is 1. The molecule has 9 heteroatoms. The van der Waals surface area contributed by atoms with E-state index < -0.39 is 6.09 Å². The van der Waals surface area contributed by atoms with Crippen molar-refractivity contribution in [1.29, 1.82) is 0 Å². The Kier molecular flexibility index (Phi) is 3.24. The fourth-order valence-corrected chi connectivity index (χ4v) is 1.98. The van der Waals surface area contributed by atoms with E-state index in [0.717, 1.165) is 10.5 Å². The largest absolute Gasteiger partial charge is 0.465 e. The van der Waals surface area contributed by atoms with E-state index in [2.05, 4.69) is 20.4 Å². The molecule has 0 bridgehead atoms. The average Bonchev–Trinajstić information content (AvgIpc) is 3.12. The van der Waals surface area contributed by atoms with Gasteiger partial charge in [-0.15, -0.1) is 10.2 Å². The molecule has 0 saturated heterocycles. The summed E-state index contributed by atoms with van der Waals surface area (Å²) < 4.78 is 3.23. The summed E-state index contributed by atoms with van der Waals surface area (Å²) in [6, 6.07) is 3.79. The van der Waals surface area contributed by atoms with Crippen LogP contribution in [0.25, 0.3) is 16.9 Å². The first-order chi connectivity index (χ1) is 10.5. The molecule has 0 radical (unpaired) electrons. The Balaban J connectivity index is 2.08. The number of aromatic nitrogens is 6. The van der Waals surface area contributed by atoms with Crippen LogP contribution in [-0.4, -0.2) is 47.8 Å². The van der Waals surface area contributed by atoms with E-state index in [0.29, 0.717) is 11.3 Å². The highest BCUT2D eigenvalue weighted by atomic mass is 16.4. The molecule has 0 fully saturated rings. The van der Waals surface area contributed by atoms with E-state index in [1.54, 1.807) is 18.3 Å². The summed E-state index contributed by atoms with van der Waals surface area (Å²) in [5, 5.41) is 25.5. The van der Waals surface area contributed by atoms with Crippen LogP contribution < -0.4 is 4.90 Å². The predicted octanol–water partition coefficient (Wildman–Crippen LogP) is 1.68. The standard InChI is InChI=1S/C13H15N7O2/c1-8(2)19-7-9(6-14-19)10-4-5-11-15-16-12(20(11)17-10)18(3)13(21)22/h4-8H,1-3H3,(H,21,22). The number of nitrogens with zero attached hydrogens (tertiary/aromatic N) is 7. The Labute approximate surface area is 125 Å². The molecule has 114 valence electrons. The first-order valence-corrected chi connectivity index (χ1v) is 6.71. The fraction of sp³-hybridized carbons (Fsp3) is 0.308. The number of fused-ring (bicyclic) bond motifs is 1. The van der Waals surface area contributed by atoms with Crippen molar-refractivity contribution >= 4 is 17.7 Å². The van der Waals surface area contributed by atoms with Gasteiger partial charge in [0.25, 0.3) is 5.95 Å². The van der Waals surface area contributed by atoms with Gasteiger partial charge in [0.15, 0.2) is 5.65 Å². The molecule has 3 rings (SSSR count). The molecule has 3 aromatic heterocycles. The van der Waals surface area contributed by atoms with E-state index in [-0.39, 0.29) is 12.0 Å². The van der Waals surface area contributed by atoms with E-state index >= 15 is 0 Å². The highest BCUT2D eigenvalue weighted by molar-refractivity contribution is 5.83. The molecular weight excluding hydrogens is 286 g/mol. The average molecular weight is 301 g/mol. The zero-order valence-corrected chi connectivity index (χ0v) is 12.4. The quantitative estimate of drug-likeness (QED) is 0.789. The van der Waals surface area contributed by atoms with Gasteiger partial charge < -0.3 is 5.11 Å². The number of carbonyl (C=O) groups is 1. The van der Waals surface area contributed by atoms with Gasteiger partial charge in [-0.3, -0.25) is 4.68 Å². The molecule has 0 unspecified atom stereocenters. The van der Waals surface area contributed by atoms with E-state index in [9.17, 15) is 4.79 Å². The van der Waals surface area contributed by atoms with Crippen molar-refractivity contribution in [2.24, 2.45) is 0 Å². The topological polar surface area (TPSA) is 101 Å². The molecule has 1 N–H and O–H groups in total. The fourth-order valence-electron chi connectivity index (χ4n) is 1.98. The molecule has 0 atom stereocenters. The highest BCUT2D eigenvalue weighted by Gasteiger charge is 2.17. The second kappa shape index (κ2) is 5.10. The third-order valence-corrected chi connectivity index (χ3v) is 3.26. The molecule has 9 nitrogen and oxygen atoms in total. The second-order valence-corrected chi connectivity index (χ2v) is 5.13. The Morgan fingerprint density at radius 2 is 2.09 bits per heavy atom. The number of amides is 1. The summed E-state index contributed by atoms with van der Waals surface area (Å²) in [4.78, 5) is 12.0. The maximum absolute atomic E-state index is 11.1. The Morgan fingerprint density at radius 1 is 1.32 bits per heavy atom. The van der Waals surface area contributed by atoms with Crippen LogP contribution in [0.4, 0.5) is 10.7 Å². The zero-order valence-electron chi connectivity index (χ0n) is 12.4. The highest BCUT2D eigenvalue weighted by Crippen LogP contribution is 2.19. The van der Waals surface area contributed by atoms with Gasteiger partial charge in [0, 0.05) is 24.8 Å². The number of hydrogen-bond donors (Lipinski definition) is 1.